The highest BCUT2D eigenvalue weighted by Crippen LogP contribution is 2.40. The van der Waals surface area contributed by atoms with Crippen molar-refractivity contribution in [3.63, 3.8) is 0 Å². The lowest BCUT2D eigenvalue weighted by molar-refractivity contribution is 1.12. The average Bonchev–Trinajstić information content (AvgIpc) is 3.82. The van der Waals surface area contributed by atoms with Gasteiger partial charge in [0.2, 0.25) is 0 Å². The van der Waals surface area contributed by atoms with Gasteiger partial charge in [0.05, 0.1) is 22.1 Å². The zero-order valence-corrected chi connectivity index (χ0v) is 33.8. The summed E-state index contributed by atoms with van der Waals surface area (Å²) in [7, 11) is 0. The minimum atomic E-state index is 1.08. The number of hydrogen-bond donors (Lipinski definition) is 0. The van der Waals surface area contributed by atoms with E-state index in [1.54, 1.807) is 0 Å². The molecule has 0 bridgehead atoms. The molecule has 0 atom stereocenters. The lowest BCUT2D eigenvalue weighted by Crippen LogP contribution is -2.26. The Kier molecular flexibility index (Phi) is 7.83. The molecule has 0 amide bonds. The molecule has 0 aliphatic heterocycles. The Morgan fingerprint density at radius 1 is 0.367 bits per heavy atom. The van der Waals surface area contributed by atoms with E-state index in [9.17, 15) is 0 Å². The van der Waals surface area contributed by atoms with Gasteiger partial charge in [-0.1, -0.05) is 146 Å². The first-order valence-corrected chi connectivity index (χ1v) is 21.2. The lowest BCUT2D eigenvalue weighted by atomic mass is 9.98. The highest BCUT2D eigenvalue weighted by molar-refractivity contribution is 6.21. The van der Waals surface area contributed by atoms with Gasteiger partial charge < -0.3 is 9.13 Å². The predicted octanol–water partition coefficient (Wildman–Crippen LogP) is 14.0. The van der Waals surface area contributed by atoms with Crippen LogP contribution in [-0.2, 0) is 0 Å². The van der Waals surface area contributed by atoms with Gasteiger partial charge in [0.15, 0.2) is 0 Å². The Morgan fingerprint density at radius 3 is 1.48 bits per heavy atom. The largest absolute Gasteiger partial charge is 0.309 e. The molecule has 60 heavy (non-hydrogen) atoms. The second kappa shape index (κ2) is 13.6. The van der Waals surface area contributed by atoms with E-state index in [1.165, 1.54) is 115 Å². The highest BCUT2D eigenvalue weighted by atomic mass is 15.0. The number of benzene rings is 9. The maximum Gasteiger partial charge on any atom is 0.0547 e. The monoisotopic (exact) mass is 766 g/mol. The maximum atomic E-state index is 2.47. The van der Waals surface area contributed by atoms with Crippen molar-refractivity contribution in [2.24, 2.45) is 0 Å². The highest BCUT2D eigenvalue weighted by Gasteiger charge is 2.18. The number of rotatable bonds is 5. The third-order valence-electron chi connectivity index (χ3n) is 13.0. The fraction of sp³-hybridized carbons (Fsp3) is 0.0690. The molecule has 1 aliphatic rings. The normalized spacial score (nSPS) is 12.6. The topological polar surface area (TPSA) is 9.86 Å². The Labute approximate surface area is 349 Å². The standard InChI is InChI=1S/C58H42N2/c1-37-11-3-7-15-47(37)43-23-31-51-55(35-43)59(53-33-25-41-13-5-9-17-49(41)57(51)53)45-27-19-39(20-28-45)40-21-29-46(30-22-40)60-54-34-26-42-14-6-10-18-50(42)58(54)52-32-24-44(36-56(52)60)48-16-8-4-12-38(48)2/h3-5,7-9,11-36H,6,10H2,1-2H3. The second-order valence-corrected chi connectivity index (χ2v) is 16.5. The van der Waals surface area contributed by atoms with Crippen LogP contribution in [0.15, 0.2) is 182 Å². The zero-order chi connectivity index (χ0) is 39.9. The van der Waals surface area contributed by atoms with E-state index in [-0.39, 0.29) is 0 Å². The number of aryl methyl sites for hydroxylation is 2. The number of fused-ring (bicyclic) bond motifs is 10. The third kappa shape index (κ3) is 5.34. The van der Waals surface area contributed by atoms with Crippen molar-refractivity contribution in [3.8, 4) is 44.8 Å². The van der Waals surface area contributed by atoms with E-state index in [4.69, 9.17) is 0 Å². The van der Waals surface area contributed by atoms with Crippen molar-refractivity contribution in [1.29, 1.82) is 0 Å². The number of aromatic nitrogens is 2. The summed E-state index contributed by atoms with van der Waals surface area (Å²) in [4.78, 5) is 0. The second-order valence-electron chi connectivity index (χ2n) is 16.5. The quantitative estimate of drug-likeness (QED) is 0.165. The molecule has 2 heterocycles. The molecule has 0 radical (unpaired) electrons. The molecule has 0 saturated heterocycles. The van der Waals surface area contributed by atoms with Crippen LogP contribution in [0.3, 0.4) is 0 Å². The van der Waals surface area contributed by atoms with Gasteiger partial charge in [-0.25, -0.2) is 0 Å². The molecular formula is C58H42N2. The van der Waals surface area contributed by atoms with E-state index in [2.05, 4.69) is 217 Å². The first-order chi connectivity index (χ1) is 29.6. The van der Waals surface area contributed by atoms with Gasteiger partial charge in [0, 0.05) is 32.9 Å². The lowest BCUT2D eigenvalue weighted by Gasteiger charge is -2.12. The average molecular weight is 767 g/mol. The summed E-state index contributed by atoms with van der Waals surface area (Å²) in [6.07, 6.45) is 7.01. The first kappa shape index (κ1) is 34.6. The Balaban J connectivity index is 0.977. The molecule has 2 aromatic heterocycles. The van der Waals surface area contributed by atoms with E-state index >= 15 is 0 Å². The molecule has 0 spiro atoms. The van der Waals surface area contributed by atoms with Gasteiger partial charge in [-0.3, -0.25) is 0 Å². The van der Waals surface area contributed by atoms with Gasteiger partial charge in [-0.2, -0.15) is 0 Å². The maximum absolute atomic E-state index is 2.47. The molecule has 0 saturated carbocycles. The van der Waals surface area contributed by atoms with E-state index < -0.39 is 0 Å². The summed E-state index contributed by atoms with van der Waals surface area (Å²) in [6, 6.07) is 67.7. The summed E-state index contributed by atoms with van der Waals surface area (Å²) >= 11 is 0. The Morgan fingerprint density at radius 2 is 0.867 bits per heavy atom. The third-order valence-corrected chi connectivity index (χ3v) is 13.0. The van der Waals surface area contributed by atoms with Crippen LogP contribution >= 0.6 is 0 Å². The predicted molar refractivity (Wildman–Crippen MR) is 256 cm³/mol. The number of nitrogens with zero attached hydrogens (tertiary/aromatic N) is 2. The zero-order valence-electron chi connectivity index (χ0n) is 33.8. The smallest absolute Gasteiger partial charge is 0.0547 e. The van der Waals surface area contributed by atoms with Crippen LogP contribution in [0.25, 0.3) is 111 Å². The molecule has 284 valence electrons. The van der Waals surface area contributed by atoms with Crippen LogP contribution in [-0.4, -0.2) is 9.13 Å². The van der Waals surface area contributed by atoms with E-state index in [0.29, 0.717) is 0 Å². The van der Waals surface area contributed by atoms with Crippen LogP contribution in [0.4, 0.5) is 0 Å². The molecule has 11 aromatic rings. The van der Waals surface area contributed by atoms with Gasteiger partial charge >= 0.3 is 0 Å². The van der Waals surface area contributed by atoms with Crippen molar-refractivity contribution in [1.82, 2.24) is 9.13 Å². The van der Waals surface area contributed by atoms with Crippen molar-refractivity contribution < 1.29 is 0 Å². The van der Waals surface area contributed by atoms with Crippen LogP contribution in [0.1, 0.15) is 24.0 Å². The molecule has 0 N–H and O–H groups in total. The van der Waals surface area contributed by atoms with Gasteiger partial charge in [0.25, 0.3) is 0 Å². The Bertz CT molecular complexity index is 3650. The molecule has 1 aliphatic carbocycles. The minimum absolute atomic E-state index is 1.08. The van der Waals surface area contributed by atoms with Crippen LogP contribution in [0.5, 0.6) is 0 Å². The van der Waals surface area contributed by atoms with Crippen LogP contribution in [0.2, 0.25) is 0 Å². The molecule has 0 fully saturated rings. The summed E-state index contributed by atoms with van der Waals surface area (Å²) < 4.78 is 4.92. The first-order valence-electron chi connectivity index (χ1n) is 21.2. The van der Waals surface area contributed by atoms with Crippen molar-refractivity contribution in [2.45, 2.75) is 26.7 Å². The van der Waals surface area contributed by atoms with Gasteiger partial charge in [-0.15, -0.1) is 0 Å². The fourth-order valence-electron chi connectivity index (χ4n) is 10.1. The molecule has 0 unspecified atom stereocenters. The SMILES string of the molecule is Cc1ccccc1-c1ccc2c3c4c(ccc3n(-c3ccc(-c5ccc(-n6c7cc(-c8ccccc8C)ccc7c7c8ccccc8ccc76)cc5)cc3)c2c1)=CCCC=4. The molecular weight excluding hydrogens is 725 g/mol. The molecule has 9 aromatic carbocycles. The van der Waals surface area contributed by atoms with Crippen LogP contribution < -0.4 is 10.4 Å². The van der Waals surface area contributed by atoms with E-state index in [0.717, 1.165) is 18.5 Å². The summed E-state index contributed by atoms with van der Waals surface area (Å²) in [5, 5.41) is 10.5. The fourth-order valence-corrected chi connectivity index (χ4v) is 10.1. The summed E-state index contributed by atoms with van der Waals surface area (Å²) in [6.45, 7) is 4.40. The van der Waals surface area contributed by atoms with Crippen molar-refractivity contribution >= 4 is 66.5 Å². The molecule has 12 rings (SSSR count). The van der Waals surface area contributed by atoms with E-state index in [1.807, 2.05) is 0 Å². The summed E-state index contributed by atoms with van der Waals surface area (Å²) in [5.74, 6) is 0. The Hall–Kier alpha value is -7.42. The molecule has 2 heteroatoms. The van der Waals surface area contributed by atoms with Crippen molar-refractivity contribution in [2.75, 3.05) is 0 Å². The van der Waals surface area contributed by atoms with Gasteiger partial charge in [-0.05, 0) is 141 Å². The van der Waals surface area contributed by atoms with Crippen LogP contribution in [0, 0.1) is 13.8 Å². The summed E-state index contributed by atoms with van der Waals surface area (Å²) in [5.41, 5.74) is 17.2. The number of hydrogen-bond acceptors (Lipinski definition) is 0. The molecule has 2 nitrogen and oxygen atoms in total. The van der Waals surface area contributed by atoms with Gasteiger partial charge in [0.1, 0.15) is 0 Å². The minimum Gasteiger partial charge on any atom is -0.309 e. The van der Waals surface area contributed by atoms with Crippen molar-refractivity contribution in [3.05, 3.63) is 204 Å².